The lowest BCUT2D eigenvalue weighted by Crippen LogP contribution is -2.43. The molecule has 2 aromatic heterocycles. The first-order chi connectivity index (χ1) is 17.7. The number of nitrogens with two attached hydrogens (primary N) is 1. The molecule has 1 unspecified atom stereocenters. The number of hydrogen-bond donors (Lipinski definition) is 1. The highest BCUT2D eigenvalue weighted by molar-refractivity contribution is 7.89. The first-order valence-corrected chi connectivity index (χ1v) is 13.7. The Morgan fingerprint density at radius 1 is 1.24 bits per heavy atom. The van der Waals surface area contributed by atoms with Crippen LogP contribution in [-0.4, -0.2) is 45.8 Å². The van der Waals surface area contributed by atoms with Crippen molar-refractivity contribution >= 4 is 50.0 Å². The SMILES string of the molecule is Cc1cc(-n2ccnc2)c2cccc(OCc3c(Cl)ccc(S(=O)(=O)N4CCCC4C(N)=O)c3Cl)c2n1. The second kappa shape index (κ2) is 9.94. The van der Waals surface area contributed by atoms with Gasteiger partial charge in [-0.1, -0.05) is 35.3 Å². The molecule has 5 rings (SSSR count). The third-order valence-electron chi connectivity index (χ3n) is 6.33. The summed E-state index contributed by atoms with van der Waals surface area (Å²) >= 11 is 13.0. The zero-order chi connectivity index (χ0) is 26.3. The number of nitrogens with zero attached hydrogens (tertiary/aromatic N) is 4. The third kappa shape index (κ3) is 4.66. The number of benzene rings is 2. The predicted octanol–water partition coefficient (Wildman–Crippen LogP) is 4.25. The Hall–Kier alpha value is -3.18. The quantitative estimate of drug-likeness (QED) is 0.361. The average Bonchev–Trinajstić information content (AvgIpc) is 3.56. The summed E-state index contributed by atoms with van der Waals surface area (Å²) in [6.45, 7) is 1.97. The van der Waals surface area contributed by atoms with Crippen LogP contribution in [0.25, 0.3) is 16.6 Å². The number of primary amides is 1. The molecule has 2 aromatic carbocycles. The Morgan fingerprint density at radius 2 is 2.05 bits per heavy atom. The van der Waals surface area contributed by atoms with Crippen molar-refractivity contribution in [3.8, 4) is 11.4 Å². The van der Waals surface area contributed by atoms with E-state index in [4.69, 9.17) is 33.7 Å². The Labute approximate surface area is 223 Å². The molecule has 1 fully saturated rings. The van der Waals surface area contributed by atoms with E-state index in [1.807, 2.05) is 35.9 Å². The van der Waals surface area contributed by atoms with E-state index in [1.165, 1.54) is 12.1 Å². The van der Waals surface area contributed by atoms with Gasteiger partial charge in [0.15, 0.2) is 0 Å². The smallest absolute Gasteiger partial charge is 0.245 e. The van der Waals surface area contributed by atoms with Crippen molar-refractivity contribution in [1.29, 1.82) is 0 Å². The molecule has 0 saturated carbocycles. The van der Waals surface area contributed by atoms with Gasteiger partial charge >= 0.3 is 0 Å². The molecule has 1 aliphatic rings. The molecule has 0 radical (unpaired) electrons. The van der Waals surface area contributed by atoms with Crippen molar-refractivity contribution in [1.82, 2.24) is 18.8 Å². The Morgan fingerprint density at radius 3 is 2.78 bits per heavy atom. The number of fused-ring (bicyclic) bond motifs is 1. The summed E-state index contributed by atoms with van der Waals surface area (Å²) in [7, 11) is -4.09. The molecule has 37 heavy (non-hydrogen) atoms. The van der Waals surface area contributed by atoms with E-state index >= 15 is 0 Å². The average molecular weight is 560 g/mol. The molecule has 9 nitrogen and oxygen atoms in total. The van der Waals surface area contributed by atoms with Gasteiger partial charge in [0.25, 0.3) is 0 Å². The molecule has 0 aliphatic carbocycles. The number of para-hydroxylation sites is 1. The number of pyridine rings is 1. The number of hydrogen-bond acceptors (Lipinski definition) is 6. The molecule has 1 saturated heterocycles. The Kier molecular flexibility index (Phi) is 6.84. The molecule has 1 atom stereocenters. The molecule has 1 amide bonds. The van der Waals surface area contributed by atoms with E-state index in [2.05, 4.69) is 9.97 Å². The molecule has 0 bridgehead atoms. The summed E-state index contributed by atoms with van der Waals surface area (Å²) < 4.78 is 35.9. The number of ether oxygens (including phenoxy) is 1. The van der Waals surface area contributed by atoms with Gasteiger partial charge in [-0.05, 0) is 44.0 Å². The lowest BCUT2D eigenvalue weighted by Gasteiger charge is -2.23. The monoisotopic (exact) mass is 559 g/mol. The van der Waals surface area contributed by atoms with Crippen LogP contribution in [0.15, 0.2) is 60.0 Å². The van der Waals surface area contributed by atoms with Gasteiger partial charge < -0.3 is 15.0 Å². The minimum absolute atomic E-state index is 0.0638. The number of carbonyl (C=O) groups excluding carboxylic acids is 1. The molecule has 3 heterocycles. The van der Waals surface area contributed by atoms with E-state index in [9.17, 15) is 13.2 Å². The lowest BCUT2D eigenvalue weighted by atomic mass is 10.1. The predicted molar refractivity (Wildman–Crippen MR) is 141 cm³/mol. The minimum atomic E-state index is -4.09. The van der Waals surface area contributed by atoms with Crippen molar-refractivity contribution in [3.05, 3.63) is 76.4 Å². The highest BCUT2D eigenvalue weighted by Crippen LogP contribution is 2.37. The maximum Gasteiger partial charge on any atom is 0.245 e. The van der Waals surface area contributed by atoms with Gasteiger partial charge in [-0.15, -0.1) is 0 Å². The second-order valence-corrected chi connectivity index (χ2v) is 11.4. The van der Waals surface area contributed by atoms with Crippen molar-refractivity contribution in [2.45, 2.75) is 37.3 Å². The van der Waals surface area contributed by atoms with E-state index in [1.54, 1.807) is 18.6 Å². The maximum atomic E-state index is 13.4. The number of aromatic nitrogens is 3. The first kappa shape index (κ1) is 25.5. The van der Waals surface area contributed by atoms with Crippen molar-refractivity contribution in [2.75, 3.05) is 6.54 Å². The summed E-state index contributed by atoms with van der Waals surface area (Å²) in [5.74, 6) is -0.208. The molecule has 2 N–H and O–H groups in total. The molecule has 1 aliphatic heterocycles. The largest absolute Gasteiger partial charge is 0.487 e. The van der Waals surface area contributed by atoms with E-state index in [0.717, 1.165) is 21.1 Å². The number of aryl methyl sites for hydroxylation is 1. The van der Waals surface area contributed by atoms with Crippen LogP contribution in [0.2, 0.25) is 10.0 Å². The number of sulfonamides is 1. The van der Waals surface area contributed by atoms with Crippen LogP contribution in [0, 0.1) is 6.92 Å². The van der Waals surface area contributed by atoms with Crippen LogP contribution >= 0.6 is 23.2 Å². The number of halogens is 2. The van der Waals surface area contributed by atoms with Gasteiger partial charge in [0.1, 0.15) is 28.8 Å². The van der Waals surface area contributed by atoms with Gasteiger partial charge in [-0.2, -0.15) is 4.31 Å². The Bertz CT molecular complexity index is 1610. The van der Waals surface area contributed by atoms with Crippen LogP contribution < -0.4 is 10.5 Å². The standard InChI is InChI=1S/C25H23Cl2N5O4S/c1-15-12-20(31-11-9-29-14-31)16-4-2-6-21(24(16)30-15)36-13-17-18(26)7-8-22(23(17)27)37(34,35)32-10-3-5-19(32)25(28)33/h2,4,6-9,11-12,14,19H,3,5,10,13H2,1H3,(H2,28,33). The van der Waals surface area contributed by atoms with Crippen LogP contribution in [0.1, 0.15) is 24.1 Å². The molecular weight excluding hydrogens is 537 g/mol. The van der Waals surface area contributed by atoms with Gasteiger partial charge in [0.2, 0.25) is 15.9 Å². The molecule has 0 spiro atoms. The van der Waals surface area contributed by atoms with Gasteiger partial charge in [-0.25, -0.2) is 18.4 Å². The summed E-state index contributed by atoms with van der Waals surface area (Å²) in [4.78, 5) is 20.5. The van der Waals surface area contributed by atoms with Gasteiger partial charge in [-0.3, -0.25) is 4.79 Å². The highest BCUT2D eigenvalue weighted by atomic mass is 35.5. The maximum absolute atomic E-state index is 13.4. The number of carbonyl (C=O) groups is 1. The van der Waals surface area contributed by atoms with Crippen LogP contribution in [0.3, 0.4) is 0 Å². The van der Waals surface area contributed by atoms with Crippen LogP contribution in [-0.2, 0) is 21.4 Å². The zero-order valence-electron chi connectivity index (χ0n) is 19.8. The summed E-state index contributed by atoms with van der Waals surface area (Å²) in [5, 5.41) is 1.03. The van der Waals surface area contributed by atoms with Crippen LogP contribution in [0.4, 0.5) is 0 Å². The minimum Gasteiger partial charge on any atom is -0.487 e. The van der Waals surface area contributed by atoms with Gasteiger partial charge in [0, 0.05) is 40.6 Å². The zero-order valence-corrected chi connectivity index (χ0v) is 22.1. The number of amides is 1. The molecule has 4 aromatic rings. The number of imidazole rings is 1. The van der Waals surface area contributed by atoms with E-state index < -0.39 is 22.0 Å². The Balaban J connectivity index is 1.50. The summed E-state index contributed by atoms with van der Waals surface area (Å²) in [5.41, 5.74) is 8.04. The van der Waals surface area contributed by atoms with Crippen LogP contribution in [0.5, 0.6) is 5.75 Å². The van der Waals surface area contributed by atoms with Crippen molar-refractivity contribution in [2.24, 2.45) is 5.73 Å². The van der Waals surface area contributed by atoms with Crippen molar-refractivity contribution < 1.29 is 17.9 Å². The summed E-state index contributed by atoms with van der Waals surface area (Å²) in [6.07, 6.45) is 6.14. The number of rotatable bonds is 7. The summed E-state index contributed by atoms with van der Waals surface area (Å²) in [6, 6.07) is 9.38. The topological polar surface area (TPSA) is 120 Å². The van der Waals surface area contributed by atoms with E-state index in [0.29, 0.717) is 29.7 Å². The first-order valence-electron chi connectivity index (χ1n) is 11.5. The fourth-order valence-electron chi connectivity index (χ4n) is 4.56. The molecule has 12 heteroatoms. The van der Waals surface area contributed by atoms with E-state index in [-0.39, 0.29) is 28.1 Å². The highest BCUT2D eigenvalue weighted by Gasteiger charge is 2.39. The fraction of sp³-hybridized carbons (Fsp3) is 0.240. The van der Waals surface area contributed by atoms with Crippen molar-refractivity contribution in [3.63, 3.8) is 0 Å². The normalized spacial score (nSPS) is 16.4. The molecular formula is C25H23Cl2N5O4S. The third-order valence-corrected chi connectivity index (χ3v) is 9.18. The lowest BCUT2D eigenvalue weighted by molar-refractivity contribution is -0.121. The molecule has 192 valence electrons. The fourth-order valence-corrected chi connectivity index (χ4v) is 7.08. The second-order valence-electron chi connectivity index (χ2n) is 8.71. The van der Waals surface area contributed by atoms with Gasteiger partial charge in [0.05, 0.1) is 17.0 Å².